The molecule has 2 aliphatic rings. The van der Waals surface area contributed by atoms with Gasteiger partial charge in [-0.15, -0.1) is 0 Å². The van der Waals surface area contributed by atoms with Crippen LogP contribution in [-0.4, -0.2) is 47.9 Å². The van der Waals surface area contributed by atoms with Gasteiger partial charge in [-0.25, -0.2) is 0 Å². The molecule has 1 N–H and O–H groups in total. The number of halogens is 1. The molecule has 2 atom stereocenters. The van der Waals surface area contributed by atoms with Crippen LogP contribution in [0.25, 0.3) is 10.9 Å². The molecule has 0 radical (unpaired) electrons. The van der Waals surface area contributed by atoms with Gasteiger partial charge < -0.3 is 23.9 Å². The largest absolute Gasteiger partial charge is 0.491 e. The molecule has 0 spiro atoms. The zero-order chi connectivity index (χ0) is 25.1. The Hall–Kier alpha value is -2.68. The second kappa shape index (κ2) is 8.47. The maximum Gasteiger partial charge on any atom is 0.302 e. The van der Waals surface area contributed by atoms with Crippen LogP contribution in [0.15, 0.2) is 40.9 Å². The quantitative estimate of drug-likeness (QED) is 0.443. The molecule has 2 heterocycles. The van der Waals surface area contributed by atoms with Crippen molar-refractivity contribution in [1.82, 2.24) is 4.98 Å². The van der Waals surface area contributed by atoms with E-state index in [0.717, 1.165) is 32.2 Å². The topological polar surface area (TPSA) is 86.8 Å². The highest BCUT2D eigenvalue weighted by Gasteiger charge is 2.43. The van der Waals surface area contributed by atoms with E-state index in [-0.39, 0.29) is 25.0 Å². The lowest BCUT2D eigenvalue weighted by Crippen LogP contribution is -2.33. The molecule has 35 heavy (non-hydrogen) atoms. The van der Waals surface area contributed by atoms with Gasteiger partial charge in [0.05, 0.1) is 5.56 Å². The normalized spacial score (nSPS) is 22.1. The van der Waals surface area contributed by atoms with Gasteiger partial charge >= 0.3 is 5.97 Å². The second-order valence-corrected chi connectivity index (χ2v) is 11.0. The zero-order valence-corrected chi connectivity index (χ0v) is 21.9. The minimum Gasteiger partial charge on any atom is -0.491 e. The first-order valence-corrected chi connectivity index (χ1v) is 12.4. The summed E-state index contributed by atoms with van der Waals surface area (Å²) in [7, 11) is 0. The van der Waals surface area contributed by atoms with Gasteiger partial charge in [0.15, 0.2) is 11.6 Å². The third kappa shape index (κ3) is 4.28. The lowest BCUT2D eigenvalue weighted by molar-refractivity contribution is -0.159. The van der Waals surface area contributed by atoms with Crippen molar-refractivity contribution in [1.29, 1.82) is 0 Å². The van der Waals surface area contributed by atoms with Crippen molar-refractivity contribution >= 4 is 38.6 Å². The molecular formula is C27H28BrNO6. The average molecular weight is 542 g/mol. The number of hydrogen-bond donors (Lipinski definition) is 1. The minimum atomic E-state index is -0.801. The van der Waals surface area contributed by atoms with E-state index in [1.54, 1.807) is 0 Å². The number of carbonyl (C=O) groups is 2. The molecule has 0 amide bonds. The Kier molecular flexibility index (Phi) is 5.81. The average Bonchev–Trinajstić information content (AvgIpc) is 3.31. The summed E-state index contributed by atoms with van der Waals surface area (Å²) >= 11 is 3.52. The van der Waals surface area contributed by atoms with Gasteiger partial charge in [0.1, 0.15) is 31.2 Å². The Morgan fingerprint density at radius 1 is 1.06 bits per heavy atom. The van der Waals surface area contributed by atoms with Crippen LogP contribution in [0.3, 0.4) is 0 Å². The summed E-state index contributed by atoms with van der Waals surface area (Å²) in [6.45, 7) is 9.52. The van der Waals surface area contributed by atoms with Crippen LogP contribution in [0.2, 0.25) is 0 Å². The number of ether oxygens (including phenoxy) is 4. The molecule has 3 aromatic rings. The van der Waals surface area contributed by atoms with Crippen molar-refractivity contribution in [2.24, 2.45) is 0 Å². The number of aromatic nitrogens is 1. The summed E-state index contributed by atoms with van der Waals surface area (Å²) in [5.74, 6) is -0.538. The van der Waals surface area contributed by atoms with Gasteiger partial charge in [-0.05, 0) is 49.7 Å². The number of carbonyl (C=O) groups excluding carboxylic acids is 2. The zero-order valence-electron chi connectivity index (χ0n) is 20.4. The van der Waals surface area contributed by atoms with Gasteiger partial charge in [0, 0.05) is 39.0 Å². The van der Waals surface area contributed by atoms with Crippen LogP contribution in [0.5, 0.6) is 5.75 Å². The van der Waals surface area contributed by atoms with Gasteiger partial charge in [0.25, 0.3) is 0 Å². The Morgan fingerprint density at radius 2 is 1.77 bits per heavy atom. The molecule has 0 saturated carbocycles. The Labute approximate surface area is 212 Å². The first-order valence-electron chi connectivity index (χ1n) is 11.6. The molecule has 2 aromatic carbocycles. The molecule has 1 saturated heterocycles. The fourth-order valence-electron chi connectivity index (χ4n) is 5.04. The van der Waals surface area contributed by atoms with Crippen LogP contribution >= 0.6 is 15.9 Å². The van der Waals surface area contributed by atoms with Crippen LogP contribution in [0.1, 0.15) is 61.8 Å². The summed E-state index contributed by atoms with van der Waals surface area (Å²) in [6, 6.07) is 11.5. The van der Waals surface area contributed by atoms with Crippen molar-refractivity contribution in [2.45, 2.75) is 58.0 Å². The Morgan fingerprint density at radius 3 is 2.49 bits per heavy atom. The fraction of sp³-hybridized carbons (Fsp3) is 0.407. The number of rotatable bonds is 5. The van der Waals surface area contributed by atoms with Crippen molar-refractivity contribution in [3.63, 3.8) is 0 Å². The molecule has 0 bridgehead atoms. The number of H-pyrrole nitrogens is 1. The third-order valence-corrected chi connectivity index (χ3v) is 7.17. The van der Waals surface area contributed by atoms with E-state index in [1.165, 1.54) is 6.92 Å². The molecule has 7 nitrogen and oxygen atoms in total. The number of nitrogens with one attached hydrogen (secondary N) is 1. The highest BCUT2D eigenvalue weighted by Crippen LogP contribution is 2.45. The van der Waals surface area contributed by atoms with Gasteiger partial charge in [-0.1, -0.05) is 35.8 Å². The van der Waals surface area contributed by atoms with E-state index in [4.69, 9.17) is 18.9 Å². The smallest absolute Gasteiger partial charge is 0.302 e. The van der Waals surface area contributed by atoms with Crippen LogP contribution in [0, 0.1) is 0 Å². The predicted molar refractivity (Wildman–Crippen MR) is 134 cm³/mol. The first-order chi connectivity index (χ1) is 16.5. The van der Waals surface area contributed by atoms with Gasteiger partial charge in [0.2, 0.25) is 0 Å². The van der Waals surface area contributed by atoms with Crippen LogP contribution in [0.4, 0.5) is 0 Å². The molecule has 1 fully saturated rings. The van der Waals surface area contributed by atoms with E-state index < -0.39 is 23.4 Å². The van der Waals surface area contributed by atoms with E-state index in [2.05, 4.69) is 34.8 Å². The summed E-state index contributed by atoms with van der Waals surface area (Å²) < 4.78 is 24.1. The first kappa shape index (κ1) is 24.0. The van der Waals surface area contributed by atoms with E-state index >= 15 is 0 Å². The SMILES string of the molecule is CC(=O)OC[C@H]1OC(C)(C)O[C@@H]1COc1ccc2c(c1)C(C)(C)c1[nH]c3cc(Br)ccc3c1C2=O. The molecule has 0 unspecified atom stereocenters. The fourth-order valence-corrected chi connectivity index (χ4v) is 5.40. The molecule has 184 valence electrons. The highest BCUT2D eigenvalue weighted by molar-refractivity contribution is 9.10. The molecule has 5 rings (SSSR count). The number of aromatic amines is 1. The van der Waals surface area contributed by atoms with E-state index in [9.17, 15) is 9.59 Å². The number of fused-ring (bicyclic) bond motifs is 4. The summed E-state index contributed by atoms with van der Waals surface area (Å²) in [4.78, 5) is 28.3. The monoisotopic (exact) mass is 541 g/mol. The van der Waals surface area contributed by atoms with Gasteiger partial charge in [-0.2, -0.15) is 0 Å². The lowest BCUT2D eigenvalue weighted by atomic mass is 9.71. The van der Waals surface area contributed by atoms with Crippen molar-refractivity contribution in [2.75, 3.05) is 13.2 Å². The van der Waals surface area contributed by atoms with Crippen molar-refractivity contribution in [3.8, 4) is 5.75 Å². The third-order valence-electron chi connectivity index (χ3n) is 6.67. The summed E-state index contributed by atoms with van der Waals surface area (Å²) in [5, 5.41) is 0.923. The molecule has 1 aromatic heterocycles. The van der Waals surface area contributed by atoms with E-state index in [1.807, 2.05) is 50.2 Å². The van der Waals surface area contributed by atoms with Gasteiger partial charge in [-0.3, -0.25) is 9.59 Å². The molecular weight excluding hydrogens is 514 g/mol. The summed E-state index contributed by atoms with van der Waals surface area (Å²) in [5.41, 5.74) is 3.69. The standard InChI is InChI=1S/C27H28BrNO6/c1-14(30)32-12-21-22(35-27(4,5)34-21)13-33-16-7-9-17-19(11-16)26(2,3)25-23(24(17)31)18-8-6-15(28)10-20(18)29-25/h6-11,21-22,29H,12-13H2,1-5H3/t21-,22-/m1/s1. The number of hydrogen-bond acceptors (Lipinski definition) is 6. The number of ketones is 1. The molecule has 1 aliphatic heterocycles. The van der Waals surface area contributed by atoms with Crippen LogP contribution < -0.4 is 4.74 Å². The highest BCUT2D eigenvalue weighted by atomic mass is 79.9. The Bertz CT molecular complexity index is 1340. The number of esters is 1. The maximum absolute atomic E-state index is 13.5. The lowest BCUT2D eigenvalue weighted by Gasteiger charge is -2.32. The van der Waals surface area contributed by atoms with Crippen molar-refractivity contribution in [3.05, 3.63) is 63.3 Å². The maximum atomic E-state index is 13.5. The summed E-state index contributed by atoms with van der Waals surface area (Å²) in [6.07, 6.45) is -0.841. The molecule has 8 heteroatoms. The predicted octanol–water partition coefficient (Wildman–Crippen LogP) is 5.26. The van der Waals surface area contributed by atoms with E-state index in [0.29, 0.717) is 11.3 Å². The molecule has 1 aliphatic carbocycles. The second-order valence-electron chi connectivity index (χ2n) is 10.1. The number of benzene rings is 2. The Balaban J connectivity index is 1.41. The van der Waals surface area contributed by atoms with Crippen molar-refractivity contribution < 1.29 is 28.5 Å². The van der Waals surface area contributed by atoms with Crippen LogP contribution in [-0.2, 0) is 24.4 Å². The minimum absolute atomic E-state index is 0.00479.